The lowest BCUT2D eigenvalue weighted by Gasteiger charge is -2.24. The number of fused-ring (bicyclic) bond motifs is 1. The highest BCUT2D eigenvalue weighted by molar-refractivity contribution is 8.00. The minimum absolute atomic E-state index is 0.0269. The average Bonchev–Trinajstić information content (AvgIpc) is 3.69. The molecule has 0 fully saturated rings. The van der Waals surface area contributed by atoms with Crippen molar-refractivity contribution in [2.24, 2.45) is 0 Å². The Morgan fingerprint density at radius 1 is 1.07 bits per heavy atom. The largest absolute Gasteiger partial charge is 0.503 e. The molecule has 5 aromatic rings. The van der Waals surface area contributed by atoms with Crippen LogP contribution in [0.2, 0.25) is 0 Å². The van der Waals surface area contributed by atoms with Gasteiger partial charge >= 0.3 is 0 Å². The molecule has 0 spiro atoms. The first-order valence-electron chi connectivity index (χ1n) is 12.9. The topological polar surface area (TPSA) is 96.5 Å². The Bertz CT molecular complexity index is 1760. The molecular formula is C31H24FN3O4S2. The van der Waals surface area contributed by atoms with Gasteiger partial charge in [0.15, 0.2) is 15.9 Å². The third kappa shape index (κ3) is 5.16. The molecule has 1 atom stereocenters. The lowest BCUT2D eigenvalue weighted by Crippen LogP contribution is -2.31. The fraction of sp³-hybridized carbons (Fsp3) is 0.161. The third-order valence-electron chi connectivity index (χ3n) is 6.90. The van der Waals surface area contributed by atoms with Crippen molar-refractivity contribution in [3.63, 3.8) is 0 Å². The SMILES string of the molecule is CC(C)c1ccc(C2C(C(=O)c3cc4ccccc4o3)=C(O)C(=O)N2c2nnc(SCc3ccc(F)cc3)s2)cc1. The van der Waals surface area contributed by atoms with Crippen molar-refractivity contribution >= 4 is 50.9 Å². The summed E-state index contributed by atoms with van der Waals surface area (Å²) in [5, 5.41) is 20.6. The number of carbonyl (C=O) groups excluding carboxylic acids is 2. The highest BCUT2D eigenvalue weighted by Crippen LogP contribution is 2.44. The van der Waals surface area contributed by atoms with Crippen molar-refractivity contribution in [3.8, 4) is 0 Å². The molecule has 41 heavy (non-hydrogen) atoms. The predicted octanol–water partition coefficient (Wildman–Crippen LogP) is 7.62. The van der Waals surface area contributed by atoms with Gasteiger partial charge in [0.1, 0.15) is 11.4 Å². The Morgan fingerprint density at radius 2 is 1.80 bits per heavy atom. The van der Waals surface area contributed by atoms with Crippen LogP contribution in [0.4, 0.5) is 9.52 Å². The smallest absolute Gasteiger partial charge is 0.296 e. The molecule has 6 rings (SSSR count). The number of thioether (sulfide) groups is 1. The number of aliphatic hydroxyl groups is 1. The van der Waals surface area contributed by atoms with Crippen LogP contribution in [0, 0.1) is 5.82 Å². The van der Waals surface area contributed by atoms with Gasteiger partial charge in [0.25, 0.3) is 5.91 Å². The molecule has 10 heteroatoms. The maximum Gasteiger partial charge on any atom is 0.296 e. The summed E-state index contributed by atoms with van der Waals surface area (Å²) in [4.78, 5) is 28.7. The van der Waals surface area contributed by atoms with Gasteiger partial charge in [-0.15, -0.1) is 10.2 Å². The second-order valence-electron chi connectivity index (χ2n) is 9.90. The Morgan fingerprint density at radius 3 is 2.51 bits per heavy atom. The molecule has 0 saturated carbocycles. The number of hydrogen-bond acceptors (Lipinski definition) is 8. The predicted molar refractivity (Wildman–Crippen MR) is 157 cm³/mol. The standard InChI is InChI=1S/C31H24FN3O4S2/c1-17(2)19-9-11-20(12-10-19)26-25(27(36)24-15-21-5-3-4-6-23(21)39-24)28(37)29(38)35(26)30-33-34-31(41-30)40-16-18-7-13-22(32)14-8-18/h3-15,17,26,37H,16H2,1-2H3. The molecule has 0 radical (unpaired) electrons. The summed E-state index contributed by atoms with van der Waals surface area (Å²) < 4.78 is 19.7. The minimum atomic E-state index is -0.938. The van der Waals surface area contributed by atoms with Crippen LogP contribution in [-0.4, -0.2) is 27.0 Å². The second-order valence-corrected chi connectivity index (χ2v) is 12.1. The van der Waals surface area contributed by atoms with Gasteiger partial charge in [-0.05, 0) is 46.9 Å². The van der Waals surface area contributed by atoms with E-state index in [1.165, 1.54) is 40.1 Å². The summed E-state index contributed by atoms with van der Waals surface area (Å²) in [6, 6.07) is 21.7. The molecule has 7 nitrogen and oxygen atoms in total. The first-order valence-corrected chi connectivity index (χ1v) is 14.7. The molecule has 0 saturated heterocycles. The first-order chi connectivity index (χ1) is 19.8. The Kier molecular flexibility index (Phi) is 7.19. The van der Waals surface area contributed by atoms with Crippen LogP contribution in [0.3, 0.4) is 0 Å². The number of nitrogens with zero attached hydrogens (tertiary/aromatic N) is 3. The second kappa shape index (κ2) is 10.9. The van der Waals surface area contributed by atoms with E-state index in [-0.39, 0.29) is 28.2 Å². The summed E-state index contributed by atoms with van der Waals surface area (Å²) in [7, 11) is 0. The number of hydrogen-bond donors (Lipinski definition) is 1. The van der Waals surface area contributed by atoms with Crippen LogP contribution < -0.4 is 4.90 Å². The summed E-state index contributed by atoms with van der Waals surface area (Å²) in [6.07, 6.45) is 0. The van der Waals surface area contributed by atoms with Gasteiger partial charge in [-0.2, -0.15) is 0 Å². The highest BCUT2D eigenvalue weighted by Gasteiger charge is 2.46. The Labute approximate surface area is 243 Å². The monoisotopic (exact) mass is 585 g/mol. The van der Waals surface area contributed by atoms with Crippen LogP contribution in [0.1, 0.15) is 53.1 Å². The van der Waals surface area contributed by atoms with Crippen molar-refractivity contribution in [1.82, 2.24) is 10.2 Å². The molecule has 1 aliphatic rings. The van der Waals surface area contributed by atoms with Crippen LogP contribution in [0.25, 0.3) is 11.0 Å². The van der Waals surface area contributed by atoms with Crippen LogP contribution in [0.5, 0.6) is 0 Å². The zero-order valence-electron chi connectivity index (χ0n) is 22.1. The number of ketones is 1. The van der Waals surface area contributed by atoms with E-state index in [4.69, 9.17) is 4.42 Å². The number of carbonyl (C=O) groups is 2. The van der Waals surface area contributed by atoms with E-state index in [0.29, 0.717) is 21.2 Å². The molecule has 3 aromatic carbocycles. The number of halogens is 1. The van der Waals surface area contributed by atoms with Gasteiger partial charge in [0.2, 0.25) is 10.9 Å². The lowest BCUT2D eigenvalue weighted by molar-refractivity contribution is -0.117. The molecule has 2 aromatic heterocycles. The molecule has 0 bridgehead atoms. The number of rotatable bonds is 8. The zero-order chi connectivity index (χ0) is 28.7. The number of benzene rings is 3. The number of anilines is 1. The van der Waals surface area contributed by atoms with Crippen molar-refractivity contribution in [1.29, 1.82) is 0 Å². The van der Waals surface area contributed by atoms with Crippen molar-refractivity contribution in [3.05, 3.63) is 118 Å². The van der Waals surface area contributed by atoms with Gasteiger partial charge in [-0.1, -0.05) is 91.5 Å². The van der Waals surface area contributed by atoms with E-state index >= 15 is 0 Å². The Balaban J connectivity index is 1.36. The van der Waals surface area contributed by atoms with Gasteiger partial charge in [-0.3, -0.25) is 14.5 Å². The summed E-state index contributed by atoms with van der Waals surface area (Å²) in [5.74, 6) is -1.44. The van der Waals surface area contributed by atoms with E-state index in [1.807, 2.05) is 36.4 Å². The normalized spacial score (nSPS) is 15.5. The molecular weight excluding hydrogens is 561 g/mol. The molecule has 1 amide bonds. The van der Waals surface area contributed by atoms with E-state index in [1.54, 1.807) is 30.3 Å². The van der Waals surface area contributed by atoms with Gasteiger partial charge in [0.05, 0.1) is 11.6 Å². The number of amides is 1. The van der Waals surface area contributed by atoms with Crippen molar-refractivity contribution in [2.45, 2.75) is 35.9 Å². The average molecular weight is 586 g/mol. The van der Waals surface area contributed by atoms with Gasteiger partial charge in [0, 0.05) is 11.1 Å². The fourth-order valence-electron chi connectivity index (χ4n) is 4.72. The maximum atomic E-state index is 13.8. The quantitative estimate of drug-likeness (QED) is 0.114. The van der Waals surface area contributed by atoms with Crippen molar-refractivity contribution in [2.75, 3.05) is 4.90 Å². The number of aliphatic hydroxyl groups excluding tert-OH is 1. The number of aromatic nitrogens is 2. The lowest BCUT2D eigenvalue weighted by atomic mass is 9.93. The molecule has 1 aliphatic heterocycles. The van der Waals surface area contributed by atoms with Crippen LogP contribution >= 0.6 is 23.1 Å². The summed E-state index contributed by atoms with van der Waals surface area (Å²) >= 11 is 2.57. The van der Waals surface area contributed by atoms with Gasteiger partial charge in [-0.25, -0.2) is 4.39 Å². The number of furan rings is 1. The van der Waals surface area contributed by atoms with Crippen molar-refractivity contribution < 1.29 is 23.5 Å². The summed E-state index contributed by atoms with van der Waals surface area (Å²) in [6.45, 7) is 4.16. The third-order valence-corrected chi connectivity index (χ3v) is 9.03. The van der Waals surface area contributed by atoms with E-state index in [9.17, 15) is 19.1 Å². The highest BCUT2D eigenvalue weighted by atomic mass is 32.2. The van der Waals surface area contributed by atoms with E-state index in [2.05, 4.69) is 24.0 Å². The molecule has 206 valence electrons. The zero-order valence-corrected chi connectivity index (χ0v) is 23.7. The van der Waals surface area contributed by atoms with Crippen LogP contribution in [0.15, 0.2) is 99.0 Å². The molecule has 1 N–H and O–H groups in total. The Hall–Kier alpha value is -4.28. The molecule has 0 aliphatic carbocycles. The fourth-order valence-corrected chi connectivity index (χ4v) is 6.55. The molecule has 1 unspecified atom stereocenters. The van der Waals surface area contributed by atoms with Gasteiger partial charge < -0.3 is 9.52 Å². The maximum absolute atomic E-state index is 13.8. The molecule has 3 heterocycles. The number of para-hydroxylation sites is 1. The number of Topliss-reactive ketones (excluding diaryl/α,β-unsaturated/α-hetero) is 1. The van der Waals surface area contributed by atoms with E-state index < -0.39 is 23.5 Å². The summed E-state index contributed by atoms with van der Waals surface area (Å²) in [5.41, 5.74) is 3.09. The van der Waals surface area contributed by atoms with E-state index in [0.717, 1.165) is 16.5 Å². The minimum Gasteiger partial charge on any atom is -0.503 e. The first kappa shape index (κ1) is 26.9. The van der Waals surface area contributed by atoms with Crippen LogP contribution in [-0.2, 0) is 10.5 Å².